The van der Waals surface area contributed by atoms with E-state index in [1.165, 1.54) is 24.3 Å². The van der Waals surface area contributed by atoms with E-state index >= 15 is 0 Å². The Hall–Kier alpha value is -2.25. The van der Waals surface area contributed by atoms with Crippen LogP contribution in [0.15, 0.2) is 36.7 Å². The number of amides is 1. The maximum atomic E-state index is 13.0. The van der Waals surface area contributed by atoms with E-state index in [-0.39, 0.29) is 11.8 Å². The predicted molar refractivity (Wildman–Crippen MR) is 94.0 cm³/mol. The zero-order valence-electron chi connectivity index (χ0n) is 14.8. The van der Waals surface area contributed by atoms with E-state index < -0.39 is 11.9 Å². The molecule has 6 nitrogen and oxygen atoms in total. The summed E-state index contributed by atoms with van der Waals surface area (Å²) in [6, 6.07) is 5.38. The number of nitrogens with zero attached hydrogens (tertiary/aromatic N) is 3. The summed E-state index contributed by atoms with van der Waals surface area (Å²) in [7, 11) is 1.67. The number of hydrogen-bond acceptors (Lipinski definition) is 4. The van der Waals surface area contributed by atoms with Gasteiger partial charge in [0.2, 0.25) is 0 Å². The molecule has 0 saturated carbocycles. The summed E-state index contributed by atoms with van der Waals surface area (Å²) in [5.41, 5.74) is 0.411. The molecule has 2 aromatic rings. The third kappa shape index (κ3) is 4.11. The number of likely N-dealkylation sites (tertiary alicyclic amines) is 1. The number of ether oxygens (including phenoxy) is 1. The van der Waals surface area contributed by atoms with Crippen molar-refractivity contribution in [1.29, 1.82) is 0 Å². The molecule has 1 aliphatic heterocycles. The van der Waals surface area contributed by atoms with Crippen LogP contribution in [0.2, 0.25) is 0 Å². The fourth-order valence-corrected chi connectivity index (χ4v) is 3.38. The van der Waals surface area contributed by atoms with Gasteiger partial charge in [-0.1, -0.05) is 12.1 Å². The van der Waals surface area contributed by atoms with Crippen LogP contribution in [0, 0.1) is 5.82 Å². The van der Waals surface area contributed by atoms with Crippen molar-refractivity contribution in [3.05, 3.63) is 53.9 Å². The largest absolute Gasteiger partial charge is 0.383 e. The summed E-state index contributed by atoms with van der Waals surface area (Å²) in [6.07, 6.45) is 4.08. The van der Waals surface area contributed by atoms with Crippen molar-refractivity contribution < 1.29 is 19.0 Å². The van der Waals surface area contributed by atoms with Crippen LogP contribution in [0.25, 0.3) is 0 Å². The highest BCUT2D eigenvalue weighted by atomic mass is 19.1. The summed E-state index contributed by atoms with van der Waals surface area (Å²) < 4.78 is 20.2. The topological polar surface area (TPSA) is 67.6 Å². The standard InChI is InChI=1S/C19H24FN3O3/c1-26-13-12-22-11-8-21-18(22)15-6-9-23(10-7-15)19(25)17(24)14-2-4-16(20)5-3-14/h2-5,8,11,15,17,24H,6-7,9-10,12-13H2,1H3/t17-/m0/s1. The number of benzene rings is 1. The number of carbonyl (C=O) groups excluding carboxylic acids is 1. The predicted octanol–water partition coefficient (Wildman–Crippen LogP) is 2.11. The van der Waals surface area contributed by atoms with Crippen LogP contribution >= 0.6 is 0 Å². The molecule has 0 spiro atoms. The minimum Gasteiger partial charge on any atom is -0.383 e. The van der Waals surface area contributed by atoms with E-state index in [0.29, 0.717) is 25.3 Å². The van der Waals surface area contributed by atoms with Crippen molar-refractivity contribution in [1.82, 2.24) is 14.5 Å². The van der Waals surface area contributed by atoms with E-state index in [0.717, 1.165) is 25.2 Å². The molecular weight excluding hydrogens is 337 g/mol. The second-order valence-electron chi connectivity index (χ2n) is 6.53. The summed E-state index contributed by atoms with van der Waals surface area (Å²) in [5, 5.41) is 10.3. The number of rotatable bonds is 6. The molecule has 0 radical (unpaired) electrons. The lowest BCUT2D eigenvalue weighted by molar-refractivity contribution is -0.141. The molecule has 140 valence electrons. The molecule has 0 bridgehead atoms. The van der Waals surface area contributed by atoms with Gasteiger partial charge in [-0.05, 0) is 30.5 Å². The quantitative estimate of drug-likeness (QED) is 0.856. The van der Waals surface area contributed by atoms with Crippen LogP contribution in [0.1, 0.15) is 36.3 Å². The lowest BCUT2D eigenvalue weighted by Crippen LogP contribution is -2.41. The molecule has 3 rings (SSSR count). The highest BCUT2D eigenvalue weighted by molar-refractivity contribution is 5.82. The van der Waals surface area contributed by atoms with Gasteiger partial charge in [0, 0.05) is 45.1 Å². The second kappa shape index (κ2) is 8.42. The smallest absolute Gasteiger partial charge is 0.256 e. The normalized spacial score (nSPS) is 16.7. The third-order valence-electron chi connectivity index (χ3n) is 4.88. The van der Waals surface area contributed by atoms with Gasteiger partial charge >= 0.3 is 0 Å². The van der Waals surface area contributed by atoms with Gasteiger partial charge < -0.3 is 19.3 Å². The van der Waals surface area contributed by atoms with Crippen LogP contribution in [0.4, 0.5) is 4.39 Å². The average molecular weight is 361 g/mol. The van der Waals surface area contributed by atoms with Crippen LogP contribution in [-0.2, 0) is 16.1 Å². The number of hydrogen-bond donors (Lipinski definition) is 1. The summed E-state index contributed by atoms with van der Waals surface area (Å²) >= 11 is 0. The minimum absolute atomic E-state index is 0.286. The maximum absolute atomic E-state index is 13.0. The van der Waals surface area contributed by atoms with Crippen LogP contribution in [-0.4, -0.2) is 52.3 Å². The van der Waals surface area contributed by atoms with E-state index in [4.69, 9.17) is 4.74 Å². The van der Waals surface area contributed by atoms with Crippen LogP contribution in [0.3, 0.4) is 0 Å². The van der Waals surface area contributed by atoms with Crippen molar-refractivity contribution in [2.45, 2.75) is 31.4 Å². The van der Waals surface area contributed by atoms with Gasteiger partial charge in [-0.2, -0.15) is 0 Å². The molecule has 0 aliphatic carbocycles. The minimum atomic E-state index is -1.25. The molecule has 0 unspecified atom stereocenters. The number of imidazole rings is 1. The zero-order chi connectivity index (χ0) is 18.5. The first kappa shape index (κ1) is 18.5. The second-order valence-corrected chi connectivity index (χ2v) is 6.53. The first-order valence-corrected chi connectivity index (χ1v) is 8.82. The van der Waals surface area contributed by atoms with Gasteiger partial charge in [0.05, 0.1) is 6.61 Å². The number of halogens is 1. The van der Waals surface area contributed by atoms with Crippen molar-refractivity contribution >= 4 is 5.91 Å². The van der Waals surface area contributed by atoms with Crippen molar-refractivity contribution in [2.24, 2.45) is 0 Å². The highest BCUT2D eigenvalue weighted by Gasteiger charge is 2.30. The lowest BCUT2D eigenvalue weighted by atomic mass is 9.95. The Balaban J connectivity index is 1.59. The summed E-state index contributed by atoms with van der Waals surface area (Å²) in [5.74, 6) is 0.582. The Labute approximate surface area is 152 Å². The van der Waals surface area contributed by atoms with Crippen molar-refractivity contribution in [3.8, 4) is 0 Å². The first-order valence-electron chi connectivity index (χ1n) is 8.82. The van der Waals surface area contributed by atoms with E-state index in [1.54, 1.807) is 18.2 Å². The maximum Gasteiger partial charge on any atom is 0.256 e. The summed E-state index contributed by atoms with van der Waals surface area (Å²) in [6.45, 7) is 2.52. The fourth-order valence-electron chi connectivity index (χ4n) is 3.38. The molecular formula is C19H24FN3O3. The Morgan fingerprint density at radius 3 is 2.69 bits per heavy atom. The van der Waals surface area contributed by atoms with Gasteiger partial charge in [-0.3, -0.25) is 4.79 Å². The number of aromatic nitrogens is 2. The van der Waals surface area contributed by atoms with E-state index in [1.807, 2.05) is 6.20 Å². The molecule has 1 atom stereocenters. The van der Waals surface area contributed by atoms with Crippen LogP contribution in [0.5, 0.6) is 0 Å². The molecule has 7 heteroatoms. The van der Waals surface area contributed by atoms with Gasteiger partial charge in [-0.15, -0.1) is 0 Å². The summed E-state index contributed by atoms with van der Waals surface area (Å²) in [4.78, 5) is 18.7. The number of methoxy groups -OCH3 is 1. The molecule has 1 N–H and O–H groups in total. The number of carbonyl (C=O) groups is 1. The fraction of sp³-hybridized carbons (Fsp3) is 0.474. The monoisotopic (exact) mass is 361 g/mol. The zero-order valence-corrected chi connectivity index (χ0v) is 14.8. The van der Waals surface area contributed by atoms with Gasteiger partial charge in [0.15, 0.2) is 6.10 Å². The molecule has 1 aromatic heterocycles. The Morgan fingerprint density at radius 1 is 1.35 bits per heavy atom. The number of piperidine rings is 1. The molecule has 1 aromatic carbocycles. The third-order valence-corrected chi connectivity index (χ3v) is 4.88. The Morgan fingerprint density at radius 2 is 2.04 bits per heavy atom. The highest BCUT2D eigenvalue weighted by Crippen LogP contribution is 2.28. The van der Waals surface area contributed by atoms with Crippen LogP contribution < -0.4 is 0 Å². The number of aliphatic hydroxyl groups excluding tert-OH is 1. The van der Waals surface area contributed by atoms with Gasteiger partial charge in [-0.25, -0.2) is 9.37 Å². The Bertz CT molecular complexity index is 724. The van der Waals surface area contributed by atoms with Gasteiger partial charge in [0.1, 0.15) is 11.6 Å². The first-order chi connectivity index (χ1) is 12.6. The lowest BCUT2D eigenvalue weighted by Gasteiger charge is -2.33. The molecule has 2 heterocycles. The average Bonchev–Trinajstić information content (AvgIpc) is 3.14. The molecule has 1 aliphatic rings. The van der Waals surface area contributed by atoms with Crippen molar-refractivity contribution in [2.75, 3.05) is 26.8 Å². The molecule has 1 saturated heterocycles. The number of aliphatic hydroxyl groups is 1. The van der Waals surface area contributed by atoms with E-state index in [9.17, 15) is 14.3 Å². The molecule has 26 heavy (non-hydrogen) atoms. The Kier molecular flexibility index (Phi) is 6.00. The SMILES string of the molecule is COCCn1ccnc1C1CCN(C(=O)[C@@H](O)c2ccc(F)cc2)CC1. The van der Waals surface area contributed by atoms with Crippen molar-refractivity contribution in [3.63, 3.8) is 0 Å². The van der Waals surface area contributed by atoms with E-state index in [2.05, 4.69) is 9.55 Å². The molecule has 1 amide bonds. The molecule has 1 fully saturated rings. The van der Waals surface area contributed by atoms with Gasteiger partial charge in [0.25, 0.3) is 5.91 Å².